The van der Waals surface area contributed by atoms with E-state index in [4.69, 9.17) is 4.74 Å². The zero-order valence-electron chi connectivity index (χ0n) is 14.3. The second kappa shape index (κ2) is 9.98. The van der Waals surface area contributed by atoms with E-state index in [1.54, 1.807) is 12.2 Å². The molecule has 0 amide bonds. The SMILES string of the molecule is CCCOc1ccc(C#C/C=C/C#Cc2ccc(CC)cc2)cc1. The maximum atomic E-state index is 5.54. The third-order valence-corrected chi connectivity index (χ3v) is 3.37. The van der Waals surface area contributed by atoms with Gasteiger partial charge in [0, 0.05) is 11.1 Å². The molecule has 0 fully saturated rings. The van der Waals surface area contributed by atoms with Crippen molar-refractivity contribution in [3.05, 3.63) is 77.4 Å². The summed E-state index contributed by atoms with van der Waals surface area (Å²) >= 11 is 0. The van der Waals surface area contributed by atoms with Crippen LogP contribution in [0.15, 0.2) is 60.7 Å². The number of hydrogen-bond donors (Lipinski definition) is 0. The largest absolute Gasteiger partial charge is 0.494 e. The first-order valence-electron chi connectivity index (χ1n) is 8.31. The standard InChI is InChI=1S/C23H22O/c1-3-19-24-23-17-15-22(16-18-23)10-8-6-5-7-9-21-13-11-20(4-2)12-14-21/h5-6,11-18H,3-4,19H2,1-2H3/b6-5+. The molecule has 0 aliphatic heterocycles. The molecule has 1 nitrogen and oxygen atoms in total. The van der Waals surface area contributed by atoms with Gasteiger partial charge in [-0.2, -0.15) is 0 Å². The van der Waals surface area contributed by atoms with Gasteiger partial charge in [-0.25, -0.2) is 0 Å². The van der Waals surface area contributed by atoms with E-state index in [9.17, 15) is 0 Å². The van der Waals surface area contributed by atoms with Gasteiger partial charge in [0.15, 0.2) is 0 Å². The highest BCUT2D eigenvalue weighted by atomic mass is 16.5. The molecule has 2 rings (SSSR count). The molecule has 24 heavy (non-hydrogen) atoms. The fourth-order valence-corrected chi connectivity index (χ4v) is 2.01. The van der Waals surface area contributed by atoms with Crippen LogP contribution in [0.4, 0.5) is 0 Å². The fraction of sp³-hybridized carbons (Fsp3) is 0.217. The van der Waals surface area contributed by atoms with Crippen LogP contribution in [0, 0.1) is 23.7 Å². The van der Waals surface area contributed by atoms with Gasteiger partial charge in [-0.15, -0.1) is 0 Å². The van der Waals surface area contributed by atoms with Crippen molar-refractivity contribution < 1.29 is 4.74 Å². The molecule has 0 heterocycles. The van der Waals surface area contributed by atoms with E-state index >= 15 is 0 Å². The van der Waals surface area contributed by atoms with Crippen LogP contribution in [-0.2, 0) is 6.42 Å². The third kappa shape index (κ3) is 6.07. The summed E-state index contributed by atoms with van der Waals surface area (Å²) < 4.78 is 5.54. The van der Waals surface area contributed by atoms with Gasteiger partial charge in [0.05, 0.1) is 6.61 Å². The first-order chi connectivity index (χ1) is 11.8. The highest BCUT2D eigenvalue weighted by Crippen LogP contribution is 2.11. The van der Waals surface area contributed by atoms with Gasteiger partial charge < -0.3 is 4.74 Å². The summed E-state index contributed by atoms with van der Waals surface area (Å²) in [5, 5.41) is 0. The van der Waals surface area contributed by atoms with Gasteiger partial charge >= 0.3 is 0 Å². The Labute approximate surface area is 145 Å². The highest BCUT2D eigenvalue weighted by Gasteiger charge is 1.92. The molecule has 0 aliphatic carbocycles. The van der Waals surface area contributed by atoms with Crippen LogP contribution in [0.3, 0.4) is 0 Å². The lowest BCUT2D eigenvalue weighted by Crippen LogP contribution is -1.94. The topological polar surface area (TPSA) is 9.23 Å². The van der Waals surface area contributed by atoms with Crippen LogP contribution < -0.4 is 4.74 Å². The fourth-order valence-electron chi connectivity index (χ4n) is 2.01. The molecule has 2 aromatic carbocycles. The van der Waals surface area contributed by atoms with Crippen LogP contribution in [0.25, 0.3) is 0 Å². The molecular weight excluding hydrogens is 292 g/mol. The molecule has 1 heteroatoms. The minimum absolute atomic E-state index is 0.744. The predicted molar refractivity (Wildman–Crippen MR) is 101 cm³/mol. The maximum Gasteiger partial charge on any atom is 0.119 e. The lowest BCUT2D eigenvalue weighted by molar-refractivity contribution is 0.317. The van der Waals surface area contributed by atoms with Gasteiger partial charge in [0.1, 0.15) is 5.75 Å². The number of ether oxygens (including phenoxy) is 1. The summed E-state index contributed by atoms with van der Waals surface area (Å²) in [6.45, 7) is 4.98. The van der Waals surface area contributed by atoms with Gasteiger partial charge in [-0.3, -0.25) is 0 Å². The predicted octanol–water partition coefficient (Wildman–Crippen LogP) is 5.00. The maximum absolute atomic E-state index is 5.54. The summed E-state index contributed by atoms with van der Waals surface area (Å²) in [4.78, 5) is 0. The molecule has 0 spiro atoms. The molecule has 0 atom stereocenters. The van der Waals surface area contributed by atoms with Crippen molar-refractivity contribution in [1.29, 1.82) is 0 Å². The smallest absolute Gasteiger partial charge is 0.119 e. The normalized spacial score (nSPS) is 9.75. The van der Waals surface area contributed by atoms with Gasteiger partial charge in [0.2, 0.25) is 0 Å². The van der Waals surface area contributed by atoms with Crippen molar-refractivity contribution in [3.8, 4) is 29.4 Å². The van der Waals surface area contributed by atoms with E-state index in [-0.39, 0.29) is 0 Å². The Morgan fingerprint density at radius 1 is 0.792 bits per heavy atom. The van der Waals surface area contributed by atoms with E-state index < -0.39 is 0 Å². The molecule has 0 N–H and O–H groups in total. The first kappa shape index (κ1) is 17.5. The van der Waals surface area contributed by atoms with E-state index in [1.165, 1.54) is 5.56 Å². The summed E-state index contributed by atoms with van der Waals surface area (Å²) in [7, 11) is 0. The Kier molecular flexibility index (Phi) is 7.26. The Morgan fingerprint density at radius 2 is 1.33 bits per heavy atom. The van der Waals surface area contributed by atoms with Crippen molar-refractivity contribution in [2.75, 3.05) is 6.61 Å². The minimum Gasteiger partial charge on any atom is -0.494 e. The number of allylic oxidation sites excluding steroid dienone is 2. The molecule has 0 unspecified atom stereocenters. The molecule has 0 saturated carbocycles. The zero-order valence-corrected chi connectivity index (χ0v) is 14.3. The van der Waals surface area contributed by atoms with Crippen LogP contribution in [0.5, 0.6) is 5.75 Å². The number of rotatable bonds is 4. The molecular formula is C23H22O. The Morgan fingerprint density at radius 3 is 1.83 bits per heavy atom. The number of aryl methyl sites for hydroxylation is 1. The Hall–Kier alpha value is -2.90. The van der Waals surface area contributed by atoms with Crippen molar-refractivity contribution in [2.45, 2.75) is 26.7 Å². The average Bonchev–Trinajstić information content (AvgIpc) is 2.64. The van der Waals surface area contributed by atoms with Crippen molar-refractivity contribution >= 4 is 0 Å². The number of benzene rings is 2. The lowest BCUT2D eigenvalue weighted by Gasteiger charge is -2.03. The quantitative estimate of drug-likeness (QED) is 0.722. The molecule has 0 saturated heterocycles. The zero-order chi connectivity index (χ0) is 17.0. The Balaban J connectivity index is 1.88. The molecule has 0 radical (unpaired) electrons. The van der Waals surface area contributed by atoms with E-state index in [0.717, 1.165) is 36.3 Å². The minimum atomic E-state index is 0.744. The Bertz CT molecular complexity index is 772. The average molecular weight is 314 g/mol. The van der Waals surface area contributed by atoms with E-state index in [2.05, 4.69) is 49.7 Å². The van der Waals surface area contributed by atoms with Gasteiger partial charge in [-0.05, 0) is 67.0 Å². The molecule has 120 valence electrons. The van der Waals surface area contributed by atoms with Crippen LogP contribution in [0.2, 0.25) is 0 Å². The van der Waals surface area contributed by atoms with Crippen molar-refractivity contribution in [3.63, 3.8) is 0 Å². The second-order valence-corrected chi connectivity index (χ2v) is 5.30. The highest BCUT2D eigenvalue weighted by molar-refractivity contribution is 5.42. The molecule has 0 bridgehead atoms. The van der Waals surface area contributed by atoms with Crippen LogP contribution in [-0.4, -0.2) is 6.61 Å². The summed E-state index contributed by atoms with van der Waals surface area (Å²) in [6, 6.07) is 16.1. The molecule has 0 aromatic heterocycles. The first-order valence-corrected chi connectivity index (χ1v) is 8.31. The van der Waals surface area contributed by atoms with Crippen molar-refractivity contribution in [2.24, 2.45) is 0 Å². The van der Waals surface area contributed by atoms with Crippen molar-refractivity contribution in [1.82, 2.24) is 0 Å². The summed E-state index contributed by atoms with van der Waals surface area (Å²) in [5.41, 5.74) is 3.31. The third-order valence-electron chi connectivity index (χ3n) is 3.37. The van der Waals surface area contributed by atoms with E-state index in [0.29, 0.717) is 0 Å². The van der Waals surface area contributed by atoms with Crippen LogP contribution >= 0.6 is 0 Å². The number of hydrogen-bond acceptors (Lipinski definition) is 1. The summed E-state index contributed by atoms with van der Waals surface area (Å²) in [6.07, 6.45) is 5.61. The van der Waals surface area contributed by atoms with Gasteiger partial charge in [0.25, 0.3) is 0 Å². The molecule has 0 aliphatic rings. The lowest BCUT2D eigenvalue weighted by atomic mass is 10.1. The van der Waals surface area contributed by atoms with E-state index in [1.807, 2.05) is 36.4 Å². The van der Waals surface area contributed by atoms with Gasteiger partial charge in [-0.1, -0.05) is 49.7 Å². The monoisotopic (exact) mass is 314 g/mol. The second-order valence-electron chi connectivity index (χ2n) is 5.30. The van der Waals surface area contributed by atoms with Crippen LogP contribution in [0.1, 0.15) is 37.0 Å². The molecule has 2 aromatic rings. The summed E-state index contributed by atoms with van der Waals surface area (Å²) in [5.74, 6) is 13.1.